The van der Waals surface area contributed by atoms with E-state index in [1.165, 1.54) is 0 Å². The van der Waals surface area contributed by atoms with Gasteiger partial charge in [0.05, 0.1) is 0 Å². The fourth-order valence-electron chi connectivity index (χ4n) is 1.71. The van der Waals surface area contributed by atoms with E-state index in [2.05, 4.69) is 6.92 Å². The van der Waals surface area contributed by atoms with Gasteiger partial charge in [-0.25, -0.2) is 0 Å². The number of carbonyl (C=O) groups excluding carboxylic acids is 1. The lowest BCUT2D eigenvalue weighted by Gasteiger charge is -2.24. The molecule has 1 aromatic rings. The maximum Gasteiger partial charge on any atom is 0.229 e. The molecule has 3 heteroatoms. The molecule has 0 saturated heterocycles. The molecular weight excluding hydrogens is 212 g/mol. The van der Waals surface area contributed by atoms with Gasteiger partial charge in [-0.1, -0.05) is 32.9 Å². The van der Waals surface area contributed by atoms with E-state index in [9.17, 15) is 4.79 Å². The minimum absolute atomic E-state index is 0.0238. The van der Waals surface area contributed by atoms with Crippen molar-refractivity contribution in [1.29, 1.82) is 0 Å². The second-order valence-corrected chi connectivity index (χ2v) is 4.52. The Bertz CT molecular complexity index is 357. The van der Waals surface area contributed by atoms with Crippen LogP contribution in [0.5, 0.6) is 0 Å². The van der Waals surface area contributed by atoms with Crippen molar-refractivity contribution >= 4 is 11.6 Å². The zero-order chi connectivity index (χ0) is 12.8. The van der Waals surface area contributed by atoms with Gasteiger partial charge in [-0.15, -0.1) is 0 Å². The van der Waals surface area contributed by atoms with Crippen LogP contribution in [-0.4, -0.2) is 12.5 Å². The van der Waals surface area contributed by atoms with E-state index in [-0.39, 0.29) is 11.8 Å². The van der Waals surface area contributed by atoms with Crippen molar-refractivity contribution in [3.8, 4) is 0 Å². The van der Waals surface area contributed by atoms with Gasteiger partial charge in [0.15, 0.2) is 0 Å². The summed E-state index contributed by atoms with van der Waals surface area (Å²) in [5.74, 6) is 0.197. The van der Waals surface area contributed by atoms with E-state index in [0.29, 0.717) is 6.54 Å². The third-order valence-corrected chi connectivity index (χ3v) is 2.69. The molecule has 0 saturated carbocycles. The molecule has 0 unspecified atom stereocenters. The predicted octanol–water partition coefficient (Wildman–Crippen LogP) is 2.54. The second kappa shape index (κ2) is 6.40. The Kier molecular flexibility index (Phi) is 5.16. The number of carbonyl (C=O) groups is 1. The summed E-state index contributed by atoms with van der Waals surface area (Å²) in [5, 5.41) is 0. The molecule has 0 atom stereocenters. The van der Waals surface area contributed by atoms with Gasteiger partial charge in [-0.05, 0) is 24.1 Å². The van der Waals surface area contributed by atoms with Crippen molar-refractivity contribution in [2.75, 3.05) is 11.4 Å². The molecule has 1 rings (SSSR count). The average Bonchev–Trinajstić information content (AvgIpc) is 2.35. The second-order valence-electron chi connectivity index (χ2n) is 4.52. The fourth-order valence-corrected chi connectivity index (χ4v) is 1.71. The van der Waals surface area contributed by atoms with Crippen LogP contribution in [0.4, 0.5) is 5.69 Å². The summed E-state index contributed by atoms with van der Waals surface area (Å²) in [5.41, 5.74) is 7.61. The van der Waals surface area contributed by atoms with Crippen LogP contribution < -0.4 is 10.6 Å². The van der Waals surface area contributed by atoms with E-state index < -0.39 is 0 Å². The first-order chi connectivity index (χ1) is 8.10. The molecule has 0 aromatic heterocycles. The largest absolute Gasteiger partial charge is 0.326 e. The number of nitrogens with zero attached hydrogens (tertiary/aromatic N) is 1. The lowest BCUT2D eigenvalue weighted by Crippen LogP contribution is -2.34. The summed E-state index contributed by atoms with van der Waals surface area (Å²) in [6.45, 7) is 7.23. The van der Waals surface area contributed by atoms with Crippen LogP contribution in [-0.2, 0) is 11.3 Å². The quantitative estimate of drug-likeness (QED) is 0.851. The van der Waals surface area contributed by atoms with Gasteiger partial charge in [0.25, 0.3) is 0 Å². The molecule has 3 nitrogen and oxygen atoms in total. The molecule has 17 heavy (non-hydrogen) atoms. The Labute approximate surface area is 104 Å². The van der Waals surface area contributed by atoms with Crippen molar-refractivity contribution in [2.24, 2.45) is 11.7 Å². The zero-order valence-electron chi connectivity index (χ0n) is 10.9. The summed E-state index contributed by atoms with van der Waals surface area (Å²) in [4.78, 5) is 13.9. The molecule has 0 bridgehead atoms. The van der Waals surface area contributed by atoms with E-state index in [1.54, 1.807) is 0 Å². The summed E-state index contributed by atoms with van der Waals surface area (Å²) >= 11 is 0. The number of hydrogen-bond donors (Lipinski definition) is 1. The molecule has 1 amide bonds. The van der Waals surface area contributed by atoms with E-state index in [1.807, 2.05) is 43.0 Å². The normalized spacial score (nSPS) is 10.6. The monoisotopic (exact) mass is 234 g/mol. The Morgan fingerprint density at radius 1 is 1.29 bits per heavy atom. The van der Waals surface area contributed by atoms with E-state index in [4.69, 9.17) is 5.73 Å². The summed E-state index contributed by atoms with van der Waals surface area (Å²) < 4.78 is 0. The maximum atomic E-state index is 12.1. The van der Waals surface area contributed by atoms with E-state index >= 15 is 0 Å². The predicted molar refractivity (Wildman–Crippen MR) is 71.8 cm³/mol. The summed E-state index contributed by atoms with van der Waals surface area (Å²) in [6, 6.07) is 7.90. The van der Waals surface area contributed by atoms with Crippen LogP contribution in [0, 0.1) is 5.92 Å². The first-order valence-electron chi connectivity index (χ1n) is 6.20. The van der Waals surface area contributed by atoms with Crippen molar-refractivity contribution in [3.63, 3.8) is 0 Å². The van der Waals surface area contributed by atoms with E-state index in [0.717, 1.165) is 24.2 Å². The minimum Gasteiger partial charge on any atom is -0.326 e. The van der Waals surface area contributed by atoms with Gasteiger partial charge in [0, 0.05) is 24.7 Å². The highest BCUT2D eigenvalue weighted by molar-refractivity contribution is 5.94. The number of anilines is 1. The van der Waals surface area contributed by atoms with Crippen LogP contribution >= 0.6 is 0 Å². The highest BCUT2D eigenvalue weighted by Crippen LogP contribution is 2.18. The summed E-state index contributed by atoms with van der Waals surface area (Å²) in [7, 11) is 0. The number of nitrogens with two attached hydrogens (primary N) is 1. The molecule has 0 radical (unpaired) electrons. The van der Waals surface area contributed by atoms with Crippen LogP contribution in [0.3, 0.4) is 0 Å². The molecular formula is C14H22N2O. The molecule has 94 valence electrons. The molecule has 0 heterocycles. The first kappa shape index (κ1) is 13.7. The SMILES string of the molecule is CCCN(C(=O)C(C)C)c1ccc(CN)cc1. The molecule has 0 fully saturated rings. The number of hydrogen-bond acceptors (Lipinski definition) is 2. The average molecular weight is 234 g/mol. The van der Waals surface area contributed by atoms with Crippen molar-refractivity contribution in [1.82, 2.24) is 0 Å². The van der Waals surface area contributed by atoms with Crippen LogP contribution in [0.2, 0.25) is 0 Å². The highest BCUT2D eigenvalue weighted by atomic mass is 16.2. The highest BCUT2D eigenvalue weighted by Gasteiger charge is 2.17. The molecule has 0 aliphatic heterocycles. The van der Waals surface area contributed by atoms with Gasteiger partial charge < -0.3 is 10.6 Å². The number of amides is 1. The van der Waals surface area contributed by atoms with Gasteiger partial charge >= 0.3 is 0 Å². The Hall–Kier alpha value is -1.35. The Balaban J connectivity index is 2.92. The third-order valence-electron chi connectivity index (χ3n) is 2.69. The molecule has 0 aliphatic rings. The Morgan fingerprint density at radius 2 is 1.88 bits per heavy atom. The van der Waals surface area contributed by atoms with Crippen LogP contribution in [0.1, 0.15) is 32.8 Å². The molecule has 2 N–H and O–H groups in total. The molecule has 1 aromatic carbocycles. The number of rotatable bonds is 5. The summed E-state index contributed by atoms with van der Waals surface area (Å²) in [6.07, 6.45) is 0.955. The van der Waals surface area contributed by atoms with Crippen LogP contribution in [0.25, 0.3) is 0 Å². The minimum atomic E-state index is 0.0238. The van der Waals surface area contributed by atoms with Crippen molar-refractivity contribution in [2.45, 2.75) is 33.7 Å². The first-order valence-corrected chi connectivity index (χ1v) is 6.20. The van der Waals surface area contributed by atoms with Crippen LogP contribution in [0.15, 0.2) is 24.3 Å². The third kappa shape index (κ3) is 3.56. The van der Waals surface area contributed by atoms with Gasteiger partial charge in [-0.3, -0.25) is 4.79 Å². The lowest BCUT2D eigenvalue weighted by molar-refractivity contribution is -0.121. The van der Waals surface area contributed by atoms with Crippen molar-refractivity contribution < 1.29 is 4.79 Å². The number of benzene rings is 1. The lowest BCUT2D eigenvalue weighted by atomic mass is 10.1. The topological polar surface area (TPSA) is 46.3 Å². The standard InChI is InChI=1S/C14H22N2O/c1-4-9-16(14(17)11(2)3)13-7-5-12(10-15)6-8-13/h5-8,11H,4,9-10,15H2,1-3H3. The zero-order valence-corrected chi connectivity index (χ0v) is 10.9. The maximum absolute atomic E-state index is 12.1. The van der Waals surface area contributed by atoms with Gasteiger partial charge in [-0.2, -0.15) is 0 Å². The fraction of sp³-hybridized carbons (Fsp3) is 0.500. The van der Waals surface area contributed by atoms with Crippen molar-refractivity contribution in [3.05, 3.63) is 29.8 Å². The van der Waals surface area contributed by atoms with Gasteiger partial charge in [0.2, 0.25) is 5.91 Å². The van der Waals surface area contributed by atoms with Gasteiger partial charge in [0.1, 0.15) is 0 Å². The Morgan fingerprint density at radius 3 is 2.29 bits per heavy atom. The smallest absolute Gasteiger partial charge is 0.229 e. The molecule has 0 spiro atoms. The molecule has 0 aliphatic carbocycles.